The Balaban J connectivity index is 1.89. The zero-order valence-electron chi connectivity index (χ0n) is 10.7. The lowest BCUT2D eigenvalue weighted by Gasteiger charge is -1.97. The maximum atomic E-state index is 12.2. The zero-order valence-corrected chi connectivity index (χ0v) is 10.7. The highest BCUT2D eigenvalue weighted by atomic mass is 16.3. The topological polar surface area (TPSA) is 30.2 Å². The van der Waals surface area contributed by atoms with Gasteiger partial charge in [-0.2, -0.15) is 0 Å². The maximum absolute atomic E-state index is 12.2. The molecule has 0 bridgehead atoms. The van der Waals surface area contributed by atoms with Crippen molar-refractivity contribution in [2.45, 2.75) is 13.3 Å². The molecule has 0 saturated carbocycles. The summed E-state index contributed by atoms with van der Waals surface area (Å²) < 4.78 is 5.61. The summed E-state index contributed by atoms with van der Waals surface area (Å²) in [5.74, 6) is 0.449. The van der Waals surface area contributed by atoms with Gasteiger partial charge < -0.3 is 4.42 Å². The maximum Gasteiger partial charge on any atom is 0.202 e. The average Bonchev–Trinajstić information content (AvgIpc) is 2.83. The van der Waals surface area contributed by atoms with Gasteiger partial charge in [0.2, 0.25) is 5.78 Å². The van der Waals surface area contributed by atoms with Crippen LogP contribution in [0.15, 0.2) is 59.0 Å². The van der Waals surface area contributed by atoms with Gasteiger partial charge in [-0.1, -0.05) is 42.0 Å². The number of Topliss-reactive ketones (excluding diaryl/α,β-unsaturated/α-hetero) is 1. The Hall–Kier alpha value is -2.35. The summed E-state index contributed by atoms with van der Waals surface area (Å²) in [6, 6.07) is 17.5. The molecule has 0 unspecified atom stereocenters. The number of aryl methyl sites for hydroxylation is 1. The van der Waals surface area contributed by atoms with Gasteiger partial charge in [0.1, 0.15) is 5.58 Å². The molecule has 2 heteroatoms. The summed E-state index contributed by atoms with van der Waals surface area (Å²) in [6.45, 7) is 2.03. The molecule has 1 aromatic heterocycles. The van der Waals surface area contributed by atoms with Crippen LogP contribution < -0.4 is 0 Å². The molecule has 0 aliphatic heterocycles. The molecule has 0 radical (unpaired) electrons. The molecule has 0 aliphatic rings. The van der Waals surface area contributed by atoms with Crippen LogP contribution in [0.2, 0.25) is 0 Å². The number of ketones is 1. The zero-order chi connectivity index (χ0) is 13.2. The Bertz CT molecular complexity index is 723. The predicted molar refractivity (Wildman–Crippen MR) is 75.4 cm³/mol. The Morgan fingerprint density at radius 1 is 1.05 bits per heavy atom. The lowest BCUT2D eigenvalue weighted by Crippen LogP contribution is -2.01. The van der Waals surface area contributed by atoms with E-state index in [0.29, 0.717) is 12.2 Å². The Morgan fingerprint density at radius 2 is 1.84 bits per heavy atom. The number of carbonyl (C=O) groups excluding carboxylic acids is 1. The first-order chi connectivity index (χ1) is 9.22. The van der Waals surface area contributed by atoms with Gasteiger partial charge in [-0.05, 0) is 30.7 Å². The van der Waals surface area contributed by atoms with Crippen molar-refractivity contribution in [2.75, 3.05) is 0 Å². The highest BCUT2D eigenvalue weighted by Crippen LogP contribution is 2.21. The van der Waals surface area contributed by atoms with E-state index in [4.69, 9.17) is 4.42 Å². The summed E-state index contributed by atoms with van der Waals surface area (Å²) in [4.78, 5) is 12.2. The minimum atomic E-state index is 0.0139. The van der Waals surface area contributed by atoms with Crippen LogP contribution in [0.4, 0.5) is 0 Å². The van der Waals surface area contributed by atoms with Crippen molar-refractivity contribution in [3.63, 3.8) is 0 Å². The van der Waals surface area contributed by atoms with Gasteiger partial charge in [-0.15, -0.1) is 0 Å². The van der Waals surface area contributed by atoms with Gasteiger partial charge in [0, 0.05) is 11.8 Å². The molecule has 3 rings (SSSR count). The minimum Gasteiger partial charge on any atom is -0.453 e. The van der Waals surface area contributed by atoms with E-state index in [1.807, 2.05) is 61.5 Å². The molecule has 0 N–H and O–H groups in total. The van der Waals surface area contributed by atoms with Gasteiger partial charge in [0.05, 0.1) is 0 Å². The molecule has 0 spiro atoms. The molecule has 0 amide bonds. The van der Waals surface area contributed by atoms with E-state index in [1.165, 1.54) is 0 Å². The van der Waals surface area contributed by atoms with Crippen LogP contribution in [-0.2, 0) is 6.42 Å². The van der Waals surface area contributed by atoms with Gasteiger partial charge in [0.25, 0.3) is 0 Å². The molecule has 94 valence electrons. The molecule has 2 aromatic carbocycles. The summed E-state index contributed by atoms with van der Waals surface area (Å²) >= 11 is 0. The number of rotatable bonds is 3. The van der Waals surface area contributed by atoms with Crippen molar-refractivity contribution >= 4 is 16.8 Å². The Kier molecular flexibility index (Phi) is 2.92. The normalized spacial score (nSPS) is 10.8. The van der Waals surface area contributed by atoms with Gasteiger partial charge in [0.15, 0.2) is 5.76 Å². The van der Waals surface area contributed by atoms with E-state index in [0.717, 1.165) is 22.1 Å². The standard InChI is InChI=1S/C17H14O2/c1-12-7-8-16-14(9-12)11-17(19-16)15(18)10-13-5-3-2-4-6-13/h2-9,11H,10H2,1H3. The smallest absolute Gasteiger partial charge is 0.202 e. The van der Waals surface area contributed by atoms with Gasteiger partial charge in [-0.3, -0.25) is 4.79 Å². The first-order valence-corrected chi connectivity index (χ1v) is 6.30. The van der Waals surface area contributed by atoms with Crippen LogP contribution in [-0.4, -0.2) is 5.78 Å². The van der Waals surface area contributed by atoms with E-state index < -0.39 is 0 Å². The fraction of sp³-hybridized carbons (Fsp3) is 0.118. The van der Waals surface area contributed by atoms with E-state index in [-0.39, 0.29) is 5.78 Å². The molecule has 0 aliphatic carbocycles. The average molecular weight is 250 g/mol. The second kappa shape index (κ2) is 4.73. The van der Waals surface area contributed by atoms with E-state index >= 15 is 0 Å². The minimum absolute atomic E-state index is 0.0139. The van der Waals surface area contributed by atoms with Gasteiger partial charge in [-0.25, -0.2) is 0 Å². The third-order valence-electron chi connectivity index (χ3n) is 3.15. The number of benzene rings is 2. The molecule has 1 heterocycles. The van der Waals surface area contributed by atoms with Crippen LogP contribution >= 0.6 is 0 Å². The summed E-state index contributed by atoms with van der Waals surface area (Å²) in [6.07, 6.45) is 0.375. The molecule has 0 atom stereocenters. The molecule has 0 fully saturated rings. The third kappa shape index (κ3) is 2.43. The summed E-state index contributed by atoms with van der Waals surface area (Å²) in [5.41, 5.74) is 2.93. The quantitative estimate of drug-likeness (QED) is 0.653. The largest absolute Gasteiger partial charge is 0.453 e. The van der Waals surface area contributed by atoms with Crippen molar-refractivity contribution in [1.82, 2.24) is 0 Å². The van der Waals surface area contributed by atoms with Crippen LogP contribution in [0.3, 0.4) is 0 Å². The number of hydrogen-bond donors (Lipinski definition) is 0. The fourth-order valence-electron chi connectivity index (χ4n) is 2.17. The predicted octanol–water partition coefficient (Wildman–Crippen LogP) is 4.17. The molecular weight excluding hydrogens is 236 g/mol. The summed E-state index contributed by atoms with van der Waals surface area (Å²) in [7, 11) is 0. The molecule has 19 heavy (non-hydrogen) atoms. The van der Waals surface area contributed by atoms with Crippen LogP contribution in [0.5, 0.6) is 0 Å². The molecule has 0 saturated heterocycles. The van der Waals surface area contributed by atoms with Crippen molar-refractivity contribution in [3.05, 3.63) is 71.5 Å². The Labute approximate surface area is 111 Å². The first-order valence-electron chi connectivity index (χ1n) is 6.30. The third-order valence-corrected chi connectivity index (χ3v) is 3.15. The van der Waals surface area contributed by atoms with Crippen LogP contribution in [0.1, 0.15) is 21.7 Å². The lowest BCUT2D eigenvalue weighted by molar-refractivity contribution is 0.0968. The molecule has 2 nitrogen and oxygen atoms in total. The van der Waals surface area contributed by atoms with Gasteiger partial charge >= 0.3 is 0 Å². The van der Waals surface area contributed by atoms with Crippen molar-refractivity contribution in [1.29, 1.82) is 0 Å². The second-order valence-electron chi connectivity index (χ2n) is 4.74. The second-order valence-corrected chi connectivity index (χ2v) is 4.74. The van der Waals surface area contributed by atoms with E-state index in [1.54, 1.807) is 0 Å². The number of fused-ring (bicyclic) bond motifs is 1. The van der Waals surface area contributed by atoms with E-state index in [2.05, 4.69) is 0 Å². The van der Waals surface area contributed by atoms with Crippen molar-refractivity contribution < 1.29 is 9.21 Å². The van der Waals surface area contributed by atoms with Crippen molar-refractivity contribution in [2.24, 2.45) is 0 Å². The fourth-order valence-corrected chi connectivity index (χ4v) is 2.17. The van der Waals surface area contributed by atoms with Crippen molar-refractivity contribution in [3.8, 4) is 0 Å². The summed E-state index contributed by atoms with van der Waals surface area (Å²) in [5, 5.41) is 0.983. The van der Waals surface area contributed by atoms with Crippen LogP contribution in [0.25, 0.3) is 11.0 Å². The highest BCUT2D eigenvalue weighted by Gasteiger charge is 2.12. The molecular formula is C17H14O2. The number of furan rings is 1. The van der Waals surface area contributed by atoms with Crippen LogP contribution in [0, 0.1) is 6.92 Å². The molecule has 3 aromatic rings. The lowest BCUT2D eigenvalue weighted by atomic mass is 10.1. The Morgan fingerprint density at radius 3 is 2.63 bits per heavy atom. The highest BCUT2D eigenvalue weighted by molar-refractivity contribution is 5.98. The number of hydrogen-bond acceptors (Lipinski definition) is 2. The number of carbonyl (C=O) groups is 1. The van der Waals surface area contributed by atoms with E-state index in [9.17, 15) is 4.79 Å². The SMILES string of the molecule is Cc1ccc2oc(C(=O)Cc3ccccc3)cc2c1. The monoisotopic (exact) mass is 250 g/mol. The first kappa shape index (κ1) is 11.7.